The molecule has 3 rings (SSSR count). The van der Waals surface area contributed by atoms with E-state index in [1.807, 2.05) is 26.0 Å². The molecule has 0 unspecified atom stereocenters. The summed E-state index contributed by atoms with van der Waals surface area (Å²) in [5.74, 6) is 0.624. The molecular formula is C19H20F3N5. The molecule has 8 heteroatoms. The van der Waals surface area contributed by atoms with E-state index >= 15 is 0 Å². The maximum absolute atomic E-state index is 13.1. The number of nitrogens with one attached hydrogen (secondary N) is 3. The van der Waals surface area contributed by atoms with Gasteiger partial charge in [0.2, 0.25) is 11.9 Å². The quantitative estimate of drug-likeness (QED) is 0.580. The van der Waals surface area contributed by atoms with Crippen molar-refractivity contribution >= 4 is 17.6 Å². The molecule has 0 bridgehead atoms. The summed E-state index contributed by atoms with van der Waals surface area (Å²) >= 11 is 0. The molecule has 3 aromatic rings. The summed E-state index contributed by atoms with van der Waals surface area (Å²) < 4.78 is 39.4. The van der Waals surface area contributed by atoms with Gasteiger partial charge in [0.25, 0.3) is 0 Å². The number of aromatic nitrogens is 3. The van der Waals surface area contributed by atoms with Crippen molar-refractivity contribution in [3.8, 4) is 0 Å². The molecule has 0 amide bonds. The molecular weight excluding hydrogens is 355 g/mol. The number of aromatic amines is 1. The third-order valence-corrected chi connectivity index (χ3v) is 3.97. The summed E-state index contributed by atoms with van der Waals surface area (Å²) in [6, 6.07) is 10.0. The number of rotatable bonds is 5. The number of H-pyrrole nitrogens is 1. The summed E-state index contributed by atoms with van der Waals surface area (Å²) in [6.07, 6.45) is -4.40. The van der Waals surface area contributed by atoms with E-state index in [1.165, 1.54) is 12.1 Å². The number of halogens is 3. The molecule has 2 aromatic carbocycles. The van der Waals surface area contributed by atoms with Gasteiger partial charge in [-0.05, 0) is 55.7 Å². The van der Waals surface area contributed by atoms with E-state index in [4.69, 9.17) is 0 Å². The molecule has 0 fully saturated rings. The van der Waals surface area contributed by atoms with Crippen molar-refractivity contribution in [2.75, 3.05) is 10.6 Å². The average molecular weight is 375 g/mol. The van der Waals surface area contributed by atoms with Crippen LogP contribution in [0.1, 0.15) is 27.8 Å². The van der Waals surface area contributed by atoms with Crippen LogP contribution in [0.4, 0.5) is 30.8 Å². The number of hydrogen-bond acceptors (Lipinski definition) is 4. The molecule has 0 radical (unpaired) electrons. The molecule has 0 aliphatic rings. The number of hydrogen-bond donors (Lipinski definition) is 3. The molecule has 1 aromatic heterocycles. The molecule has 0 atom stereocenters. The largest absolute Gasteiger partial charge is 0.416 e. The van der Waals surface area contributed by atoms with Crippen molar-refractivity contribution in [1.29, 1.82) is 0 Å². The van der Waals surface area contributed by atoms with Crippen molar-refractivity contribution in [3.63, 3.8) is 0 Å². The molecule has 3 N–H and O–H groups in total. The first-order valence-electron chi connectivity index (χ1n) is 8.39. The Kier molecular flexibility index (Phi) is 5.07. The van der Waals surface area contributed by atoms with Crippen LogP contribution in [0, 0.1) is 20.8 Å². The van der Waals surface area contributed by atoms with Gasteiger partial charge in [-0.3, -0.25) is 0 Å². The first-order chi connectivity index (χ1) is 12.7. The second-order valence-electron chi connectivity index (χ2n) is 6.52. The van der Waals surface area contributed by atoms with Gasteiger partial charge in [0.05, 0.1) is 5.56 Å². The fourth-order valence-corrected chi connectivity index (χ4v) is 2.90. The van der Waals surface area contributed by atoms with Gasteiger partial charge < -0.3 is 10.6 Å². The highest BCUT2D eigenvalue weighted by Crippen LogP contribution is 2.32. The van der Waals surface area contributed by atoms with E-state index < -0.39 is 11.7 Å². The Hall–Kier alpha value is -3.03. The zero-order chi connectivity index (χ0) is 19.6. The van der Waals surface area contributed by atoms with Crippen molar-refractivity contribution in [3.05, 3.63) is 64.2 Å². The second kappa shape index (κ2) is 7.30. The van der Waals surface area contributed by atoms with Gasteiger partial charge in [-0.15, -0.1) is 5.10 Å². The van der Waals surface area contributed by atoms with E-state index in [0.717, 1.165) is 28.4 Å². The van der Waals surface area contributed by atoms with Crippen LogP contribution in [0.3, 0.4) is 0 Å². The monoisotopic (exact) mass is 375 g/mol. The van der Waals surface area contributed by atoms with Crippen LogP contribution in [-0.2, 0) is 12.7 Å². The molecule has 0 aliphatic carbocycles. The number of benzene rings is 2. The molecule has 5 nitrogen and oxygen atoms in total. The molecule has 142 valence electrons. The zero-order valence-electron chi connectivity index (χ0n) is 15.2. The van der Waals surface area contributed by atoms with Crippen molar-refractivity contribution < 1.29 is 13.2 Å². The Balaban J connectivity index is 1.71. The Morgan fingerprint density at radius 1 is 0.963 bits per heavy atom. The van der Waals surface area contributed by atoms with E-state index in [9.17, 15) is 13.2 Å². The van der Waals surface area contributed by atoms with Gasteiger partial charge >= 0.3 is 6.18 Å². The molecule has 0 aliphatic heterocycles. The molecule has 0 saturated heterocycles. The van der Waals surface area contributed by atoms with Gasteiger partial charge in [-0.2, -0.15) is 18.2 Å². The maximum atomic E-state index is 13.1. The van der Waals surface area contributed by atoms with Crippen molar-refractivity contribution in [2.45, 2.75) is 33.5 Å². The van der Waals surface area contributed by atoms with Gasteiger partial charge in [-0.25, -0.2) is 5.10 Å². The van der Waals surface area contributed by atoms with E-state index in [0.29, 0.717) is 5.95 Å². The lowest BCUT2D eigenvalue weighted by atomic mass is 10.0. The van der Waals surface area contributed by atoms with Crippen LogP contribution in [0.25, 0.3) is 0 Å². The lowest BCUT2D eigenvalue weighted by Crippen LogP contribution is -2.12. The highest BCUT2D eigenvalue weighted by atomic mass is 19.4. The lowest BCUT2D eigenvalue weighted by Gasteiger charge is -2.13. The smallest absolute Gasteiger partial charge is 0.349 e. The fraction of sp³-hybridized carbons (Fsp3) is 0.263. The summed E-state index contributed by atoms with van der Waals surface area (Å²) in [5.41, 5.74) is 3.31. The highest BCUT2D eigenvalue weighted by molar-refractivity contribution is 5.56. The third kappa shape index (κ3) is 4.78. The van der Waals surface area contributed by atoms with Gasteiger partial charge in [-0.1, -0.05) is 23.8 Å². The van der Waals surface area contributed by atoms with Gasteiger partial charge in [0.1, 0.15) is 0 Å². The Labute approximate surface area is 155 Å². The summed E-state index contributed by atoms with van der Waals surface area (Å²) in [6.45, 7) is 5.71. The molecule has 0 saturated carbocycles. The molecule has 27 heavy (non-hydrogen) atoms. The number of aryl methyl sites for hydroxylation is 3. The maximum Gasteiger partial charge on any atom is 0.416 e. The number of alkyl halides is 3. The predicted molar refractivity (Wildman–Crippen MR) is 99.1 cm³/mol. The highest BCUT2D eigenvalue weighted by Gasteiger charge is 2.33. The first kappa shape index (κ1) is 18.8. The van der Waals surface area contributed by atoms with Crippen LogP contribution in [0.2, 0.25) is 0 Å². The SMILES string of the molecule is Cc1cc(C)cc(Nc2nc(NCc3cc(C)ccc3C(F)(F)F)n[nH]2)c1. The summed E-state index contributed by atoms with van der Waals surface area (Å²) in [7, 11) is 0. The molecule has 1 heterocycles. The Bertz CT molecular complexity index is 927. The van der Waals surface area contributed by atoms with E-state index in [-0.39, 0.29) is 18.1 Å². The average Bonchev–Trinajstić information content (AvgIpc) is 2.98. The van der Waals surface area contributed by atoms with Crippen LogP contribution < -0.4 is 10.6 Å². The minimum absolute atomic E-state index is 0.0304. The summed E-state index contributed by atoms with van der Waals surface area (Å²) in [5, 5.41) is 12.7. The Morgan fingerprint density at radius 3 is 2.33 bits per heavy atom. The van der Waals surface area contributed by atoms with E-state index in [1.54, 1.807) is 6.92 Å². The van der Waals surface area contributed by atoms with Crippen molar-refractivity contribution in [1.82, 2.24) is 15.2 Å². The molecule has 0 spiro atoms. The van der Waals surface area contributed by atoms with Gasteiger partial charge in [0.15, 0.2) is 0 Å². The fourth-order valence-electron chi connectivity index (χ4n) is 2.90. The second-order valence-corrected chi connectivity index (χ2v) is 6.52. The van der Waals surface area contributed by atoms with Crippen LogP contribution in [-0.4, -0.2) is 15.2 Å². The normalized spacial score (nSPS) is 11.5. The summed E-state index contributed by atoms with van der Waals surface area (Å²) in [4.78, 5) is 4.22. The minimum atomic E-state index is -4.40. The minimum Gasteiger partial charge on any atom is -0.349 e. The number of anilines is 3. The van der Waals surface area contributed by atoms with E-state index in [2.05, 4.69) is 31.9 Å². The van der Waals surface area contributed by atoms with Crippen LogP contribution in [0.5, 0.6) is 0 Å². The van der Waals surface area contributed by atoms with Gasteiger partial charge in [0, 0.05) is 12.2 Å². The Morgan fingerprint density at radius 2 is 1.67 bits per heavy atom. The lowest BCUT2D eigenvalue weighted by molar-refractivity contribution is -0.138. The third-order valence-electron chi connectivity index (χ3n) is 3.97. The topological polar surface area (TPSA) is 65.6 Å². The number of nitrogens with zero attached hydrogens (tertiary/aromatic N) is 2. The van der Waals surface area contributed by atoms with Crippen molar-refractivity contribution in [2.24, 2.45) is 0 Å². The predicted octanol–water partition coefficient (Wildman–Crippen LogP) is 5.10. The van der Waals surface area contributed by atoms with Crippen LogP contribution >= 0.6 is 0 Å². The first-order valence-corrected chi connectivity index (χ1v) is 8.39. The standard InChI is InChI=1S/C19H20F3N5/c1-11-4-5-16(19(20,21)22)14(7-11)10-23-17-25-18(27-26-17)24-15-8-12(2)6-13(3)9-15/h4-9H,10H2,1-3H3,(H3,23,24,25,26,27). The van der Waals surface area contributed by atoms with Crippen LogP contribution in [0.15, 0.2) is 36.4 Å². The zero-order valence-corrected chi connectivity index (χ0v) is 15.2.